The lowest BCUT2D eigenvalue weighted by Crippen LogP contribution is -2.02. The van der Waals surface area contributed by atoms with Crippen LogP contribution in [0.1, 0.15) is 33.1 Å². The molecule has 0 saturated carbocycles. The van der Waals surface area contributed by atoms with Crippen LogP contribution in [0.25, 0.3) is 0 Å². The fourth-order valence-electron chi connectivity index (χ4n) is 0.824. The summed E-state index contributed by atoms with van der Waals surface area (Å²) in [6.45, 7) is 4.37. The van der Waals surface area contributed by atoms with Crippen LogP contribution in [-0.2, 0) is 9.53 Å². The standard InChI is InChI=1S/C11H18O2/c1-3-5-6-7-8-9-10-11(12)13-4-2/h5-8H,3-4,9-10H2,1-2H3. The topological polar surface area (TPSA) is 26.3 Å². The van der Waals surface area contributed by atoms with Gasteiger partial charge in [0.05, 0.1) is 6.61 Å². The van der Waals surface area contributed by atoms with Crippen molar-refractivity contribution in [2.24, 2.45) is 0 Å². The Morgan fingerprint density at radius 2 is 1.92 bits per heavy atom. The van der Waals surface area contributed by atoms with Gasteiger partial charge in [-0.05, 0) is 19.8 Å². The van der Waals surface area contributed by atoms with Gasteiger partial charge in [0.15, 0.2) is 0 Å². The van der Waals surface area contributed by atoms with Gasteiger partial charge in [-0.2, -0.15) is 0 Å². The first-order valence-electron chi connectivity index (χ1n) is 4.78. The number of carbonyl (C=O) groups excluding carboxylic acids is 1. The molecular formula is C11H18O2. The number of ether oxygens (including phenoxy) is 1. The molecule has 0 aliphatic heterocycles. The highest BCUT2D eigenvalue weighted by molar-refractivity contribution is 5.69. The van der Waals surface area contributed by atoms with Crippen LogP contribution in [0.2, 0.25) is 0 Å². The van der Waals surface area contributed by atoms with Gasteiger partial charge in [0.1, 0.15) is 0 Å². The van der Waals surface area contributed by atoms with Crippen LogP contribution in [0.4, 0.5) is 0 Å². The molecule has 0 bridgehead atoms. The van der Waals surface area contributed by atoms with Crippen LogP contribution in [-0.4, -0.2) is 12.6 Å². The summed E-state index contributed by atoms with van der Waals surface area (Å²) >= 11 is 0. The van der Waals surface area contributed by atoms with Crippen molar-refractivity contribution in [1.82, 2.24) is 0 Å². The third-order valence-corrected chi connectivity index (χ3v) is 1.44. The molecule has 0 atom stereocenters. The van der Waals surface area contributed by atoms with Crippen LogP contribution in [0.5, 0.6) is 0 Å². The number of hydrogen-bond donors (Lipinski definition) is 0. The first-order valence-corrected chi connectivity index (χ1v) is 4.78. The molecule has 0 rings (SSSR count). The van der Waals surface area contributed by atoms with E-state index in [2.05, 4.69) is 13.0 Å². The molecule has 0 radical (unpaired) electrons. The molecule has 0 N–H and O–H groups in total. The van der Waals surface area contributed by atoms with Crippen molar-refractivity contribution in [3.63, 3.8) is 0 Å². The lowest BCUT2D eigenvalue weighted by Gasteiger charge is -1.97. The molecule has 0 unspecified atom stereocenters. The fourth-order valence-corrected chi connectivity index (χ4v) is 0.824. The van der Waals surface area contributed by atoms with Crippen molar-refractivity contribution >= 4 is 5.97 Å². The largest absolute Gasteiger partial charge is 0.466 e. The quantitative estimate of drug-likeness (QED) is 0.466. The molecule has 0 aromatic heterocycles. The minimum atomic E-state index is -0.119. The van der Waals surface area contributed by atoms with Gasteiger partial charge >= 0.3 is 5.97 Å². The van der Waals surface area contributed by atoms with Gasteiger partial charge in [-0.25, -0.2) is 0 Å². The Bertz CT molecular complexity index is 181. The predicted molar refractivity (Wildman–Crippen MR) is 54.4 cm³/mol. The van der Waals surface area contributed by atoms with Crippen LogP contribution >= 0.6 is 0 Å². The molecule has 2 heteroatoms. The summed E-state index contributed by atoms with van der Waals surface area (Å²) < 4.78 is 4.78. The van der Waals surface area contributed by atoms with E-state index < -0.39 is 0 Å². The number of esters is 1. The number of carbonyl (C=O) groups is 1. The van der Waals surface area contributed by atoms with Gasteiger partial charge in [0.2, 0.25) is 0 Å². The molecule has 0 aromatic rings. The Morgan fingerprint density at radius 1 is 1.23 bits per heavy atom. The van der Waals surface area contributed by atoms with Crippen LogP contribution < -0.4 is 0 Å². The maximum absolute atomic E-state index is 10.9. The van der Waals surface area contributed by atoms with Crippen molar-refractivity contribution in [2.75, 3.05) is 6.61 Å². The molecule has 2 nitrogen and oxygen atoms in total. The molecule has 74 valence electrons. The molecule has 0 aromatic carbocycles. The van der Waals surface area contributed by atoms with Crippen LogP contribution in [0.3, 0.4) is 0 Å². The first-order chi connectivity index (χ1) is 6.31. The van der Waals surface area contributed by atoms with E-state index in [1.165, 1.54) is 0 Å². The Balaban J connectivity index is 3.38. The molecule has 0 fully saturated rings. The average Bonchev–Trinajstić information content (AvgIpc) is 2.11. The smallest absolute Gasteiger partial charge is 0.306 e. The average molecular weight is 182 g/mol. The Morgan fingerprint density at radius 3 is 2.54 bits per heavy atom. The van der Waals surface area contributed by atoms with Crippen molar-refractivity contribution in [3.8, 4) is 0 Å². The zero-order valence-corrected chi connectivity index (χ0v) is 8.45. The summed E-state index contributed by atoms with van der Waals surface area (Å²) in [6, 6.07) is 0. The van der Waals surface area contributed by atoms with E-state index in [1.54, 1.807) is 0 Å². The highest BCUT2D eigenvalue weighted by atomic mass is 16.5. The van der Waals surface area contributed by atoms with E-state index in [9.17, 15) is 4.79 Å². The summed E-state index contributed by atoms with van der Waals surface area (Å²) in [6.07, 6.45) is 10.3. The normalized spacial score (nSPS) is 11.2. The summed E-state index contributed by atoms with van der Waals surface area (Å²) in [4.78, 5) is 10.9. The number of hydrogen-bond acceptors (Lipinski definition) is 2. The summed E-state index contributed by atoms with van der Waals surface area (Å²) in [5.41, 5.74) is 0. The van der Waals surface area contributed by atoms with E-state index in [1.807, 2.05) is 25.2 Å². The molecule has 0 spiro atoms. The lowest BCUT2D eigenvalue weighted by atomic mass is 10.3. The maximum atomic E-state index is 10.9. The van der Waals surface area contributed by atoms with Gasteiger partial charge in [0, 0.05) is 6.42 Å². The van der Waals surface area contributed by atoms with E-state index in [0.29, 0.717) is 13.0 Å². The van der Waals surface area contributed by atoms with Gasteiger partial charge in [-0.1, -0.05) is 31.2 Å². The zero-order valence-electron chi connectivity index (χ0n) is 8.45. The fraction of sp³-hybridized carbons (Fsp3) is 0.545. The van der Waals surface area contributed by atoms with E-state index >= 15 is 0 Å². The van der Waals surface area contributed by atoms with E-state index in [4.69, 9.17) is 4.74 Å². The molecule has 0 heterocycles. The summed E-state index contributed by atoms with van der Waals surface area (Å²) in [5.74, 6) is -0.119. The van der Waals surface area contributed by atoms with E-state index in [0.717, 1.165) is 12.8 Å². The molecular weight excluding hydrogens is 164 g/mol. The Labute approximate surface area is 80.3 Å². The zero-order chi connectivity index (χ0) is 9.94. The summed E-state index contributed by atoms with van der Waals surface area (Å²) in [5, 5.41) is 0. The van der Waals surface area contributed by atoms with Crippen molar-refractivity contribution < 1.29 is 9.53 Å². The van der Waals surface area contributed by atoms with Gasteiger partial charge < -0.3 is 4.74 Å². The predicted octanol–water partition coefficient (Wildman–Crippen LogP) is 2.85. The minimum absolute atomic E-state index is 0.119. The van der Waals surface area contributed by atoms with Gasteiger partial charge in [-0.15, -0.1) is 0 Å². The first kappa shape index (κ1) is 11.9. The van der Waals surface area contributed by atoms with Gasteiger partial charge in [0.25, 0.3) is 0 Å². The second-order valence-electron chi connectivity index (χ2n) is 2.61. The third-order valence-electron chi connectivity index (χ3n) is 1.44. The third kappa shape index (κ3) is 8.86. The highest BCUT2D eigenvalue weighted by Crippen LogP contribution is 1.94. The van der Waals surface area contributed by atoms with Gasteiger partial charge in [-0.3, -0.25) is 4.79 Å². The van der Waals surface area contributed by atoms with Crippen LogP contribution in [0.15, 0.2) is 24.3 Å². The molecule has 13 heavy (non-hydrogen) atoms. The highest BCUT2D eigenvalue weighted by Gasteiger charge is 1.96. The van der Waals surface area contributed by atoms with E-state index in [-0.39, 0.29) is 5.97 Å². The maximum Gasteiger partial charge on any atom is 0.306 e. The van der Waals surface area contributed by atoms with Crippen LogP contribution in [0, 0.1) is 0 Å². The molecule has 0 aliphatic rings. The monoisotopic (exact) mass is 182 g/mol. The van der Waals surface area contributed by atoms with Crippen molar-refractivity contribution in [2.45, 2.75) is 33.1 Å². The molecule has 0 saturated heterocycles. The number of allylic oxidation sites excluding steroid dienone is 4. The minimum Gasteiger partial charge on any atom is -0.466 e. The lowest BCUT2D eigenvalue weighted by molar-refractivity contribution is -0.142. The Hall–Kier alpha value is -1.05. The molecule has 0 aliphatic carbocycles. The SMILES string of the molecule is CCC=CC=CCCC(=O)OCC. The molecule has 0 amide bonds. The second-order valence-corrected chi connectivity index (χ2v) is 2.61. The Kier molecular flexibility index (Phi) is 8.31. The van der Waals surface area contributed by atoms with Crippen molar-refractivity contribution in [3.05, 3.63) is 24.3 Å². The van der Waals surface area contributed by atoms with Crippen molar-refractivity contribution in [1.29, 1.82) is 0 Å². The number of rotatable bonds is 6. The summed E-state index contributed by atoms with van der Waals surface area (Å²) in [7, 11) is 0. The second kappa shape index (κ2) is 9.04.